The molecule has 234 valence electrons. The molecule has 1 aliphatic carbocycles. The first-order valence-electron chi connectivity index (χ1n) is 19.5. The van der Waals surface area contributed by atoms with Crippen molar-refractivity contribution >= 4 is 38.9 Å². The van der Waals surface area contributed by atoms with Crippen LogP contribution in [0.3, 0.4) is 0 Å². The van der Waals surface area contributed by atoms with Crippen LogP contribution in [-0.4, -0.2) is 23.2 Å². The summed E-state index contributed by atoms with van der Waals surface area (Å²) in [5.41, 5.74) is 10.4. The molecule has 2 aromatic heterocycles. The summed E-state index contributed by atoms with van der Waals surface area (Å²) < 4.78 is 51.5. The zero-order chi connectivity index (χ0) is 37.7. The molecule has 8 aromatic rings. The molecule has 0 unspecified atom stereocenters. The minimum Gasteiger partial charge on any atom is -0.355 e. The monoisotopic (exact) mass is 636 g/mol. The summed E-state index contributed by atoms with van der Waals surface area (Å²) >= 11 is 0. The van der Waals surface area contributed by atoms with Crippen LogP contribution in [0.1, 0.15) is 36.0 Å². The van der Waals surface area contributed by atoms with Gasteiger partial charge in [0, 0.05) is 37.9 Å². The highest BCUT2D eigenvalue weighted by molar-refractivity contribution is 6.09. The van der Waals surface area contributed by atoms with Crippen molar-refractivity contribution in [2.24, 2.45) is 0 Å². The standard InChI is InChI=1S/C45H34N4/c1-30-24-25-46-44(26-30)49-40-19-8-5-16-36(40)37-23-22-32(28-43(37)49)45(38-17-6-3-14-34(38)35-15-4-7-18-39(35)45)31-12-11-13-33(27-31)48-29-47(2)41-20-9-10-21-42(41)48/h3-28H,29H2,1-2H3/i1D3,2D3. The lowest BCUT2D eigenvalue weighted by Crippen LogP contribution is -2.29. The van der Waals surface area contributed by atoms with Gasteiger partial charge in [0.2, 0.25) is 0 Å². The van der Waals surface area contributed by atoms with Crippen molar-refractivity contribution in [1.82, 2.24) is 9.55 Å². The Hall–Kier alpha value is -6.13. The molecule has 0 spiro atoms. The van der Waals surface area contributed by atoms with Gasteiger partial charge in [0.1, 0.15) is 5.82 Å². The van der Waals surface area contributed by atoms with Crippen LogP contribution in [0.5, 0.6) is 0 Å². The average molecular weight is 637 g/mol. The fourth-order valence-electron chi connectivity index (χ4n) is 8.36. The first-order chi connectivity index (χ1) is 26.5. The molecule has 2 aliphatic rings. The molecule has 0 N–H and O–H groups in total. The Kier molecular flexibility index (Phi) is 4.78. The highest BCUT2D eigenvalue weighted by Gasteiger charge is 2.46. The fourth-order valence-corrected chi connectivity index (χ4v) is 8.36. The summed E-state index contributed by atoms with van der Waals surface area (Å²) in [4.78, 5) is 8.29. The minimum atomic E-state index is -2.31. The van der Waals surface area contributed by atoms with E-state index in [1.807, 2.05) is 36.4 Å². The van der Waals surface area contributed by atoms with E-state index in [2.05, 4.69) is 113 Å². The number of nitrogens with zero attached hydrogens (tertiary/aromatic N) is 4. The van der Waals surface area contributed by atoms with Crippen molar-refractivity contribution in [2.45, 2.75) is 12.3 Å². The molecule has 0 atom stereocenters. The second kappa shape index (κ2) is 10.4. The number of pyridine rings is 1. The summed E-state index contributed by atoms with van der Waals surface area (Å²) in [5, 5.41) is 2.07. The maximum Gasteiger partial charge on any atom is 0.137 e. The van der Waals surface area contributed by atoms with Crippen LogP contribution in [-0.2, 0) is 5.41 Å². The first kappa shape index (κ1) is 22.4. The van der Waals surface area contributed by atoms with E-state index < -0.39 is 19.2 Å². The number of para-hydroxylation sites is 3. The third-order valence-electron chi connectivity index (χ3n) is 10.4. The first-order valence-corrected chi connectivity index (χ1v) is 16.5. The summed E-state index contributed by atoms with van der Waals surface area (Å²) in [5.74, 6) is 0.534. The normalized spacial score (nSPS) is 16.7. The Labute approximate surface area is 294 Å². The van der Waals surface area contributed by atoms with Crippen LogP contribution in [0.2, 0.25) is 0 Å². The number of hydrogen-bond donors (Lipinski definition) is 0. The molecule has 4 heteroatoms. The zero-order valence-corrected chi connectivity index (χ0v) is 26.5. The molecule has 0 radical (unpaired) electrons. The molecular formula is C45H34N4. The molecular weight excluding hydrogens is 597 g/mol. The Morgan fingerprint density at radius 1 is 0.612 bits per heavy atom. The largest absolute Gasteiger partial charge is 0.355 e. The Morgan fingerprint density at radius 2 is 1.33 bits per heavy atom. The average Bonchev–Trinajstić information content (AvgIpc) is 3.85. The van der Waals surface area contributed by atoms with E-state index in [-0.39, 0.29) is 12.2 Å². The summed E-state index contributed by atoms with van der Waals surface area (Å²) in [7, 11) is 0. The van der Waals surface area contributed by atoms with Crippen LogP contribution >= 0.6 is 0 Å². The third-order valence-corrected chi connectivity index (χ3v) is 10.4. The van der Waals surface area contributed by atoms with Gasteiger partial charge in [-0.2, -0.15) is 0 Å². The lowest BCUT2D eigenvalue weighted by molar-refractivity contribution is 0.768. The SMILES string of the molecule is [2H]C([2H])([2H])c1ccnc(-n2c3ccccc3c3ccc(C4(c5cccc(N6CN(C([2H])([2H])[2H])c7ccccc76)c5)c5ccccc5-c5ccccc54)cc32)c1. The zero-order valence-electron chi connectivity index (χ0n) is 32.5. The van der Waals surface area contributed by atoms with Gasteiger partial charge in [-0.1, -0.05) is 103 Å². The van der Waals surface area contributed by atoms with Crippen molar-refractivity contribution in [1.29, 1.82) is 0 Å². The molecule has 10 rings (SSSR count). The lowest BCUT2D eigenvalue weighted by atomic mass is 9.67. The van der Waals surface area contributed by atoms with Crippen LogP contribution in [0.25, 0.3) is 38.8 Å². The van der Waals surface area contributed by atoms with Crippen molar-refractivity contribution < 1.29 is 8.22 Å². The van der Waals surface area contributed by atoms with Gasteiger partial charge in [-0.25, -0.2) is 4.98 Å². The summed E-state index contributed by atoms with van der Waals surface area (Å²) in [6, 6.07) is 51.3. The number of aryl methyl sites for hydroxylation is 1. The van der Waals surface area contributed by atoms with Gasteiger partial charge in [0.05, 0.1) is 34.5 Å². The number of anilines is 3. The molecule has 0 fully saturated rings. The van der Waals surface area contributed by atoms with Gasteiger partial charge in [-0.3, -0.25) is 4.57 Å². The van der Waals surface area contributed by atoms with Gasteiger partial charge < -0.3 is 9.80 Å². The number of aromatic nitrogens is 2. The summed E-state index contributed by atoms with van der Waals surface area (Å²) in [6.07, 6.45) is 1.57. The topological polar surface area (TPSA) is 24.3 Å². The molecule has 49 heavy (non-hydrogen) atoms. The van der Waals surface area contributed by atoms with Gasteiger partial charge in [0.15, 0.2) is 0 Å². The molecule has 0 amide bonds. The van der Waals surface area contributed by atoms with Crippen LogP contribution in [0.15, 0.2) is 158 Å². The molecule has 4 nitrogen and oxygen atoms in total. The highest BCUT2D eigenvalue weighted by Crippen LogP contribution is 2.57. The maximum atomic E-state index is 8.32. The molecule has 0 saturated carbocycles. The number of benzene rings is 6. The lowest BCUT2D eigenvalue weighted by Gasteiger charge is -2.35. The van der Waals surface area contributed by atoms with Crippen molar-refractivity contribution in [3.8, 4) is 16.9 Å². The molecule has 1 aliphatic heterocycles. The smallest absolute Gasteiger partial charge is 0.137 e. The van der Waals surface area contributed by atoms with Gasteiger partial charge in [0.25, 0.3) is 0 Å². The van der Waals surface area contributed by atoms with Crippen LogP contribution in [0.4, 0.5) is 17.1 Å². The van der Waals surface area contributed by atoms with Crippen LogP contribution in [0, 0.1) is 6.85 Å². The quantitative estimate of drug-likeness (QED) is 0.192. The van der Waals surface area contributed by atoms with E-state index in [9.17, 15) is 0 Å². The van der Waals surface area contributed by atoms with E-state index in [1.165, 1.54) is 4.90 Å². The Morgan fingerprint density at radius 3 is 2.14 bits per heavy atom. The minimum absolute atomic E-state index is 0.188. The molecule has 6 aromatic carbocycles. The van der Waals surface area contributed by atoms with E-state index >= 15 is 0 Å². The van der Waals surface area contributed by atoms with Gasteiger partial charge in [-0.15, -0.1) is 0 Å². The Bertz CT molecular complexity index is 2770. The van der Waals surface area contributed by atoms with Crippen molar-refractivity contribution in [3.63, 3.8) is 0 Å². The predicted octanol–water partition coefficient (Wildman–Crippen LogP) is 10.4. The van der Waals surface area contributed by atoms with E-state index in [4.69, 9.17) is 13.2 Å². The third kappa shape index (κ3) is 3.89. The van der Waals surface area contributed by atoms with Gasteiger partial charge in [-0.05, 0) is 94.3 Å². The molecule has 0 saturated heterocycles. The van der Waals surface area contributed by atoms with Crippen molar-refractivity contribution in [2.75, 3.05) is 23.4 Å². The second-order valence-electron chi connectivity index (χ2n) is 12.9. The maximum absolute atomic E-state index is 8.32. The number of hydrogen-bond acceptors (Lipinski definition) is 3. The molecule has 0 bridgehead atoms. The summed E-state index contributed by atoms with van der Waals surface area (Å²) in [6.45, 7) is -4.41. The highest BCUT2D eigenvalue weighted by atomic mass is 15.4. The number of fused-ring (bicyclic) bond motifs is 7. The van der Waals surface area contributed by atoms with E-state index in [0.717, 1.165) is 66.6 Å². The fraction of sp³-hybridized carbons (Fsp3) is 0.0889. The second-order valence-corrected chi connectivity index (χ2v) is 12.9. The van der Waals surface area contributed by atoms with Crippen molar-refractivity contribution in [3.05, 3.63) is 186 Å². The number of rotatable bonds is 4. The molecule has 3 heterocycles. The van der Waals surface area contributed by atoms with Crippen LogP contribution < -0.4 is 9.80 Å². The van der Waals surface area contributed by atoms with E-state index in [0.29, 0.717) is 11.5 Å². The Balaban J connectivity index is 1.25. The van der Waals surface area contributed by atoms with Gasteiger partial charge >= 0.3 is 0 Å². The van der Waals surface area contributed by atoms with E-state index in [1.54, 1.807) is 18.3 Å². The predicted molar refractivity (Wildman–Crippen MR) is 202 cm³/mol.